The summed E-state index contributed by atoms with van der Waals surface area (Å²) in [6.07, 6.45) is 2.89. The second kappa shape index (κ2) is 5.26. The third-order valence-corrected chi connectivity index (χ3v) is 4.75. The number of amides is 2. The number of phenols is 1. The molecule has 6 heteroatoms. The first kappa shape index (κ1) is 14.8. The van der Waals surface area contributed by atoms with Crippen LogP contribution in [0, 0.1) is 5.82 Å². The van der Waals surface area contributed by atoms with Gasteiger partial charge in [-0.15, -0.1) is 0 Å². The van der Waals surface area contributed by atoms with Crippen LogP contribution in [0.2, 0.25) is 0 Å². The highest BCUT2D eigenvalue weighted by atomic mass is 19.1. The van der Waals surface area contributed by atoms with Crippen LogP contribution in [-0.4, -0.2) is 52.4 Å². The molecule has 2 saturated heterocycles. The predicted octanol–water partition coefficient (Wildman–Crippen LogP) is 1.76. The summed E-state index contributed by atoms with van der Waals surface area (Å²) in [6, 6.07) is 3.34. The van der Waals surface area contributed by atoms with E-state index in [4.69, 9.17) is 0 Å². The molecule has 5 nitrogen and oxygen atoms in total. The van der Waals surface area contributed by atoms with E-state index in [1.165, 1.54) is 6.07 Å². The number of aromatic hydroxyl groups is 1. The van der Waals surface area contributed by atoms with Gasteiger partial charge in [0.15, 0.2) is 0 Å². The number of nitrogens with zero attached hydrogens (tertiary/aromatic N) is 2. The van der Waals surface area contributed by atoms with Crippen molar-refractivity contribution in [2.24, 2.45) is 0 Å². The number of rotatable bonds is 1. The smallest absolute Gasteiger partial charge is 0.258 e. The predicted molar refractivity (Wildman–Crippen MR) is 77.9 cm³/mol. The Morgan fingerprint density at radius 1 is 1.27 bits per heavy atom. The number of phenolic OH excluding ortho intramolecular Hbond substituents is 1. The van der Waals surface area contributed by atoms with Gasteiger partial charge in [-0.3, -0.25) is 9.59 Å². The van der Waals surface area contributed by atoms with Crippen LogP contribution in [0.4, 0.5) is 4.39 Å². The highest BCUT2D eigenvalue weighted by Crippen LogP contribution is 2.39. The molecule has 0 saturated carbocycles. The molecular formula is C16H19FN2O3. The van der Waals surface area contributed by atoms with Gasteiger partial charge in [-0.1, -0.05) is 0 Å². The SMILES string of the molecule is CN1CCCC2(CCCN2C(=O)c2ccc(F)cc2O)C1=O. The topological polar surface area (TPSA) is 60.9 Å². The molecule has 1 atom stereocenters. The summed E-state index contributed by atoms with van der Waals surface area (Å²) in [5, 5.41) is 9.84. The molecule has 22 heavy (non-hydrogen) atoms. The third kappa shape index (κ3) is 2.14. The molecule has 3 rings (SSSR count). The van der Waals surface area contributed by atoms with Crippen molar-refractivity contribution in [3.8, 4) is 5.75 Å². The first-order valence-electron chi connectivity index (χ1n) is 7.52. The van der Waals surface area contributed by atoms with E-state index in [1.807, 2.05) is 0 Å². The first-order chi connectivity index (χ1) is 10.5. The zero-order valence-electron chi connectivity index (χ0n) is 12.5. The Kier molecular flexibility index (Phi) is 3.54. The lowest BCUT2D eigenvalue weighted by molar-refractivity contribution is -0.144. The normalized spacial score (nSPS) is 25.1. The molecular weight excluding hydrogens is 287 g/mol. The molecule has 0 aliphatic carbocycles. The Balaban J connectivity index is 1.96. The number of hydrogen-bond donors (Lipinski definition) is 1. The van der Waals surface area contributed by atoms with E-state index in [-0.39, 0.29) is 17.2 Å². The number of benzene rings is 1. The first-order valence-corrected chi connectivity index (χ1v) is 7.52. The Bertz CT molecular complexity index is 634. The monoisotopic (exact) mass is 306 g/mol. The van der Waals surface area contributed by atoms with Crippen molar-refractivity contribution < 1.29 is 19.1 Å². The summed E-state index contributed by atoms with van der Waals surface area (Å²) in [5.74, 6) is -1.42. The molecule has 1 spiro atoms. The van der Waals surface area contributed by atoms with Crippen molar-refractivity contribution in [2.75, 3.05) is 20.1 Å². The number of carbonyl (C=O) groups is 2. The summed E-state index contributed by atoms with van der Waals surface area (Å²) < 4.78 is 13.1. The number of piperidine rings is 1. The van der Waals surface area contributed by atoms with Gasteiger partial charge in [-0.05, 0) is 37.8 Å². The fourth-order valence-electron chi connectivity index (χ4n) is 3.66. The van der Waals surface area contributed by atoms with Crippen molar-refractivity contribution in [1.29, 1.82) is 0 Å². The lowest BCUT2D eigenvalue weighted by Crippen LogP contribution is -2.60. The molecule has 1 N–H and O–H groups in total. The largest absolute Gasteiger partial charge is 0.507 e. The lowest BCUT2D eigenvalue weighted by Gasteiger charge is -2.43. The van der Waals surface area contributed by atoms with E-state index in [2.05, 4.69) is 0 Å². The lowest BCUT2D eigenvalue weighted by atomic mass is 9.85. The average molecular weight is 306 g/mol. The molecule has 2 fully saturated rings. The summed E-state index contributed by atoms with van der Waals surface area (Å²) in [5.41, 5.74) is -0.756. The van der Waals surface area contributed by atoms with E-state index in [0.29, 0.717) is 25.9 Å². The fourth-order valence-corrected chi connectivity index (χ4v) is 3.66. The van der Waals surface area contributed by atoms with E-state index in [9.17, 15) is 19.1 Å². The Morgan fingerprint density at radius 2 is 1.95 bits per heavy atom. The van der Waals surface area contributed by atoms with Gasteiger partial charge in [0.25, 0.3) is 5.91 Å². The summed E-state index contributed by atoms with van der Waals surface area (Å²) in [6.45, 7) is 1.18. The van der Waals surface area contributed by atoms with Crippen molar-refractivity contribution >= 4 is 11.8 Å². The van der Waals surface area contributed by atoms with Crippen molar-refractivity contribution in [1.82, 2.24) is 9.80 Å². The highest BCUT2D eigenvalue weighted by Gasteiger charge is 2.52. The van der Waals surface area contributed by atoms with Crippen LogP contribution < -0.4 is 0 Å². The third-order valence-electron chi connectivity index (χ3n) is 4.75. The highest BCUT2D eigenvalue weighted by molar-refractivity contribution is 6.01. The molecule has 0 bridgehead atoms. The molecule has 1 aromatic carbocycles. The second-order valence-electron chi connectivity index (χ2n) is 6.08. The maximum absolute atomic E-state index is 13.1. The second-order valence-corrected chi connectivity index (χ2v) is 6.08. The van der Waals surface area contributed by atoms with Gasteiger partial charge in [-0.2, -0.15) is 0 Å². The van der Waals surface area contributed by atoms with Gasteiger partial charge in [0.1, 0.15) is 17.1 Å². The van der Waals surface area contributed by atoms with Gasteiger partial charge >= 0.3 is 0 Å². The standard InChI is InChI=1S/C16H19FN2O3/c1-18-8-2-6-16(15(18)22)7-3-9-19(16)14(21)12-5-4-11(17)10-13(12)20/h4-5,10,20H,2-3,6-9H2,1H3. The number of hydrogen-bond acceptors (Lipinski definition) is 3. The zero-order valence-corrected chi connectivity index (χ0v) is 12.5. The minimum absolute atomic E-state index is 0.0359. The number of halogens is 1. The van der Waals surface area contributed by atoms with Gasteiger partial charge in [-0.25, -0.2) is 4.39 Å². The van der Waals surface area contributed by atoms with Crippen LogP contribution in [-0.2, 0) is 4.79 Å². The number of likely N-dealkylation sites (tertiary alicyclic amines) is 2. The fraction of sp³-hybridized carbons (Fsp3) is 0.500. The van der Waals surface area contributed by atoms with Gasteiger partial charge in [0, 0.05) is 26.2 Å². The van der Waals surface area contributed by atoms with E-state index in [0.717, 1.165) is 25.0 Å². The van der Waals surface area contributed by atoms with Gasteiger partial charge in [0.2, 0.25) is 5.91 Å². The molecule has 2 aliphatic rings. The molecule has 2 amide bonds. The molecule has 2 aliphatic heterocycles. The summed E-state index contributed by atoms with van der Waals surface area (Å²) in [4.78, 5) is 28.7. The van der Waals surface area contributed by atoms with Gasteiger partial charge < -0.3 is 14.9 Å². The van der Waals surface area contributed by atoms with Gasteiger partial charge in [0.05, 0.1) is 5.56 Å². The summed E-state index contributed by atoms with van der Waals surface area (Å²) >= 11 is 0. The molecule has 2 heterocycles. The quantitative estimate of drug-likeness (QED) is 0.860. The maximum atomic E-state index is 13.1. The molecule has 118 valence electrons. The zero-order chi connectivity index (χ0) is 15.9. The van der Waals surface area contributed by atoms with Crippen LogP contribution in [0.1, 0.15) is 36.0 Å². The molecule has 1 aromatic rings. The van der Waals surface area contributed by atoms with E-state index in [1.54, 1.807) is 16.8 Å². The van der Waals surface area contributed by atoms with Crippen LogP contribution in [0.25, 0.3) is 0 Å². The van der Waals surface area contributed by atoms with Crippen molar-refractivity contribution in [2.45, 2.75) is 31.2 Å². The van der Waals surface area contributed by atoms with E-state index < -0.39 is 17.3 Å². The van der Waals surface area contributed by atoms with Crippen LogP contribution in [0.15, 0.2) is 18.2 Å². The number of carbonyl (C=O) groups excluding carboxylic acids is 2. The summed E-state index contributed by atoms with van der Waals surface area (Å²) in [7, 11) is 1.75. The molecule has 0 radical (unpaired) electrons. The van der Waals surface area contributed by atoms with Crippen molar-refractivity contribution in [3.05, 3.63) is 29.6 Å². The minimum atomic E-state index is -0.801. The van der Waals surface area contributed by atoms with Crippen LogP contribution in [0.3, 0.4) is 0 Å². The minimum Gasteiger partial charge on any atom is -0.507 e. The van der Waals surface area contributed by atoms with Crippen molar-refractivity contribution in [3.63, 3.8) is 0 Å². The average Bonchev–Trinajstić information content (AvgIpc) is 2.89. The number of likely N-dealkylation sites (N-methyl/N-ethyl adjacent to an activating group) is 1. The Hall–Kier alpha value is -2.11. The van der Waals surface area contributed by atoms with E-state index >= 15 is 0 Å². The molecule has 1 unspecified atom stereocenters. The molecule has 0 aromatic heterocycles. The maximum Gasteiger partial charge on any atom is 0.258 e. The van der Waals surface area contributed by atoms with Crippen LogP contribution >= 0.6 is 0 Å². The Labute approximate surface area is 128 Å². The van der Waals surface area contributed by atoms with Crippen LogP contribution in [0.5, 0.6) is 5.75 Å². The Morgan fingerprint density at radius 3 is 2.64 bits per heavy atom.